The van der Waals surface area contributed by atoms with Crippen molar-refractivity contribution in [2.75, 3.05) is 13.2 Å². The van der Waals surface area contributed by atoms with Crippen LogP contribution in [0.1, 0.15) is 168 Å². The molecule has 0 saturated carbocycles. The van der Waals surface area contributed by atoms with Gasteiger partial charge in [-0.2, -0.15) is 0 Å². The van der Waals surface area contributed by atoms with E-state index < -0.39 is 32.5 Å². The highest BCUT2D eigenvalue weighted by molar-refractivity contribution is 7.46. The summed E-state index contributed by atoms with van der Waals surface area (Å²) in [5.74, 6) is -0.892. The van der Waals surface area contributed by atoms with Gasteiger partial charge in [0.05, 0.1) is 6.61 Å². The van der Waals surface area contributed by atoms with Crippen LogP contribution in [-0.2, 0) is 28.2 Å². The molecule has 0 radical (unpaired) electrons. The smallest absolute Gasteiger partial charge is 0.462 e. The van der Waals surface area contributed by atoms with Crippen LogP contribution in [0.15, 0.2) is 12.2 Å². The molecule has 0 aromatic heterocycles. The molecule has 42 heavy (non-hydrogen) atoms. The molecule has 0 aromatic carbocycles. The van der Waals surface area contributed by atoms with Gasteiger partial charge in [0.25, 0.3) is 0 Å². The van der Waals surface area contributed by atoms with Crippen molar-refractivity contribution >= 4 is 19.8 Å². The standard InChI is InChI=1S/C33H63O8P/c1-3-5-7-9-11-13-15-17-19-21-23-25-27-32(34)39-29-31(30-40-42(36,37)38)41-33(35)28-26-24-22-20-18-16-14-12-10-8-6-4-2/h12,14,31H,3-11,13,15-30H2,1-2H3,(H2,36,37,38)/b14-12-/t31-/m1/s1. The highest BCUT2D eigenvalue weighted by Crippen LogP contribution is 2.35. The van der Waals surface area contributed by atoms with Gasteiger partial charge in [-0.3, -0.25) is 14.1 Å². The van der Waals surface area contributed by atoms with Gasteiger partial charge in [-0.25, -0.2) is 4.57 Å². The van der Waals surface area contributed by atoms with E-state index in [4.69, 9.17) is 19.3 Å². The molecule has 0 aromatic rings. The Balaban J connectivity index is 4.01. The first kappa shape index (κ1) is 40.8. The fourth-order valence-corrected chi connectivity index (χ4v) is 5.08. The van der Waals surface area contributed by atoms with Crippen molar-refractivity contribution in [1.82, 2.24) is 0 Å². The maximum Gasteiger partial charge on any atom is 0.469 e. The third kappa shape index (κ3) is 31.7. The highest BCUT2D eigenvalue weighted by Gasteiger charge is 2.22. The molecule has 0 heterocycles. The quantitative estimate of drug-likeness (QED) is 0.0341. The average Bonchev–Trinajstić information content (AvgIpc) is 2.95. The predicted octanol–water partition coefficient (Wildman–Crippen LogP) is 9.51. The van der Waals surface area contributed by atoms with Gasteiger partial charge < -0.3 is 19.3 Å². The van der Waals surface area contributed by atoms with Crippen LogP contribution < -0.4 is 0 Å². The molecule has 0 unspecified atom stereocenters. The monoisotopic (exact) mass is 618 g/mol. The lowest BCUT2D eigenvalue weighted by Gasteiger charge is -2.18. The largest absolute Gasteiger partial charge is 0.469 e. The average molecular weight is 619 g/mol. The molecule has 0 aliphatic carbocycles. The third-order valence-electron chi connectivity index (χ3n) is 7.28. The number of phosphoric acid groups is 1. The first-order valence-electron chi connectivity index (χ1n) is 17.0. The minimum Gasteiger partial charge on any atom is -0.462 e. The fourth-order valence-electron chi connectivity index (χ4n) is 4.72. The van der Waals surface area contributed by atoms with Gasteiger partial charge in [0, 0.05) is 12.8 Å². The van der Waals surface area contributed by atoms with Crippen molar-refractivity contribution in [2.45, 2.75) is 174 Å². The van der Waals surface area contributed by atoms with Gasteiger partial charge in [-0.15, -0.1) is 0 Å². The second kappa shape index (κ2) is 29.8. The normalized spacial score (nSPS) is 12.6. The van der Waals surface area contributed by atoms with Crippen LogP contribution in [0.5, 0.6) is 0 Å². The Kier molecular flexibility index (Phi) is 29.0. The number of allylic oxidation sites excluding steroid dienone is 2. The Hall–Kier alpha value is -1.21. The fraction of sp³-hybridized carbons (Fsp3) is 0.879. The number of esters is 2. The topological polar surface area (TPSA) is 119 Å². The van der Waals surface area contributed by atoms with Gasteiger partial charge in [-0.05, 0) is 38.5 Å². The molecule has 9 heteroatoms. The van der Waals surface area contributed by atoms with Gasteiger partial charge in [0.2, 0.25) is 0 Å². The first-order chi connectivity index (χ1) is 20.3. The number of carbonyl (C=O) groups is 2. The molecule has 0 saturated heterocycles. The van der Waals surface area contributed by atoms with Crippen LogP contribution in [0.4, 0.5) is 0 Å². The Labute approximate surface area is 257 Å². The van der Waals surface area contributed by atoms with E-state index in [1.165, 1.54) is 77.0 Å². The summed E-state index contributed by atoms with van der Waals surface area (Å²) >= 11 is 0. The summed E-state index contributed by atoms with van der Waals surface area (Å²) < 4.78 is 26.2. The predicted molar refractivity (Wildman–Crippen MR) is 170 cm³/mol. The van der Waals surface area contributed by atoms with Crippen molar-refractivity contribution in [2.24, 2.45) is 0 Å². The van der Waals surface area contributed by atoms with E-state index >= 15 is 0 Å². The molecule has 8 nitrogen and oxygen atoms in total. The van der Waals surface area contributed by atoms with Crippen molar-refractivity contribution in [3.8, 4) is 0 Å². The molecule has 0 amide bonds. The van der Waals surface area contributed by atoms with E-state index in [0.717, 1.165) is 57.8 Å². The summed E-state index contributed by atoms with van der Waals surface area (Å²) in [6.45, 7) is 3.63. The van der Waals surface area contributed by atoms with Crippen molar-refractivity contribution in [3.63, 3.8) is 0 Å². The lowest BCUT2D eigenvalue weighted by Crippen LogP contribution is -2.29. The molecule has 1 atom stereocenters. The lowest BCUT2D eigenvalue weighted by molar-refractivity contribution is -0.161. The highest BCUT2D eigenvalue weighted by atomic mass is 31.2. The summed E-state index contributed by atoms with van der Waals surface area (Å²) in [6.07, 6.45) is 29.3. The Morgan fingerprint density at radius 2 is 1.00 bits per heavy atom. The number of ether oxygens (including phenoxy) is 2. The van der Waals surface area contributed by atoms with Gasteiger partial charge in [0.1, 0.15) is 6.61 Å². The Bertz CT molecular complexity index is 706. The van der Waals surface area contributed by atoms with Crippen LogP contribution in [0.2, 0.25) is 0 Å². The molecular formula is C33H63O8P. The van der Waals surface area contributed by atoms with Crippen LogP contribution in [0.25, 0.3) is 0 Å². The van der Waals surface area contributed by atoms with E-state index in [2.05, 4.69) is 30.5 Å². The number of carbonyl (C=O) groups excluding carboxylic acids is 2. The molecule has 0 aliphatic heterocycles. The van der Waals surface area contributed by atoms with Crippen molar-refractivity contribution in [3.05, 3.63) is 12.2 Å². The van der Waals surface area contributed by atoms with Crippen molar-refractivity contribution < 1.29 is 37.9 Å². The molecular weight excluding hydrogens is 555 g/mol. The number of hydrogen-bond donors (Lipinski definition) is 2. The molecule has 0 spiro atoms. The number of hydrogen-bond acceptors (Lipinski definition) is 6. The van der Waals surface area contributed by atoms with Gasteiger partial charge >= 0.3 is 19.8 Å². The zero-order valence-corrected chi connectivity index (χ0v) is 27.8. The minimum atomic E-state index is -4.74. The second-order valence-corrected chi connectivity index (χ2v) is 12.7. The maximum atomic E-state index is 12.3. The van der Waals surface area contributed by atoms with E-state index in [0.29, 0.717) is 6.42 Å². The maximum absolute atomic E-state index is 12.3. The Morgan fingerprint density at radius 1 is 0.595 bits per heavy atom. The van der Waals surface area contributed by atoms with E-state index in [-0.39, 0.29) is 19.4 Å². The molecule has 2 N–H and O–H groups in total. The van der Waals surface area contributed by atoms with E-state index in [1.807, 2.05) is 0 Å². The number of phosphoric ester groups is 1. The molecule has 0 rings (SSSR count). The second-order valence-electron chi connectivity index (χ2n) is 11.5. The van der Waals surface area contributed by atoms with Gasteiger partial charge in [-0.1, -0.05) is 129 Å². The molecule has 0 bridgehead atoms. The van der Waals surface area contributed by atoms with Crippen LogP contribution in [0, 0.1) is 0 Å². The summed E-state index contributed by atoms with van der Waals surface area (Å²) in [4.78, 5) is 42.5. The summed E-state index contributed by atoms with van der Waals surface area (Å²) in [5, 5.41) is 0. The molecule has 0 aliphatic rings. The third-order valence-corrected chi connectivity index (χ3v) is 7.77. The van der Waals surface area contributed by atoms with Crippen molar-refractivity contribution in [1.29, 1.82) is 0 Å². The zero-order chi connectivity index (χ0) is 31.2. The molecule has 0 fully saturated rings. The molecule has 248 valence electrons. The van der Waals surface area contributed by atoms with E-state index in [1.54, 1.807) is 0 Å². The van der Waals surface area contributed by atoms with Crippen LogP contribution in [-0.4, -0.2) is 41.0 Å². The van der Waals surface area contributed by atoms with Crippen LogP contribution in [0.3, 0.4) is 0 Å². The van der Waals surface area contributed by atoms with Crippen LogP contribution >= 0.6 is 7.82 Å². The Morgan fingerprint density at radius 3 is 1.50 bits per heavy atom. The number of rotatable bonds is 31. The summed E-state index contributed by atoms with van der Waals surface area (Å²) in [7, 11) is -4.74. The summed E-state index contributed by atoms with van der Waals surface area (Å²) in [6, 6.07) is 0. The first-order valence-corrected chi connectivity index (χ1v) is 18.5. The lowest BCUT2D eigenvalue weighted by atomic mass is 10.0. The van der Waals surface area contributed by atoms with E-state index in [9.17, 15) is 14.2 Å². The SMILES string of the molecule is CCCCC/C=C\CCCCCCCC(=O)O[C@H](COC(=O)CCCCCCCCCCCCCC)COP(=O)(O)O. The number of unbranched alkanes of at least 4 members (excludes halogenated alkanes) is 19. The van der Waals surface area contributed by atoms with Gasteiger partial charge in [0.15, 0.2) is 6.10 Å². The summed E-state index contributed by atoms with van der Waals surface area (Å²) in [5.41, 5.74) is 0. The minimum absolute atomic E-state index is 0.205. The zero-order valence-electron chi connectivity index (χ0n) is 26.9.